The quantitative estimate of drug-likeness (QED) is 0.682. The molecule has 3 nitrogen and oxygen atoms in total. The molecule has 6 heteroatoms. The molecule has 0 saturated heterocycles. The Bertz CT molecular complexity index is 757. The van der Waals surface area contributed by atoms with Gasteiger partial charge in [0.05, 0.1) is 11.8 Å². The Morgan fingerprint density at radius 1 is 0.958 bits per heavy atom. The lowest BCUT2D eigenvalue weighted by molar-refractivity contribution is 0.625. The van der Waals surface area contributed by atoms with Crippen molar-refractivity contribution in [1.29, 1.82) is 0 Å². The normalized spacial score (nSPS) is 12.5. The van der Waals surface area contributed by atoms with Gasteiger partial charge < -0.3 is 0 Å². The van der Waals surface area contributed by atoms with Crippen LogP contribution in [0.15, 0.2) is 67.0 Å². The second-order valence-corrected chi connectivity index (χ2v) is 6.98. The van der Waals surface area contributed by atoms with E-state index in [9.17, 15) is 13.0 Å². The van der Waals surface area contributed by atoms with Crippen LogP contribution in [0.25, 0.3) is 0 Å². The molecule has 0 spiro atoms. The number of aryl methyl sites for hydroxylation is 1. The van der Waals surface area contributed by atoms with Crippen LogP contribution in [0.3, 0.4) is 0 Å². The lowest BCUT2D eigenvalue weighted by atomic mass is 10.0. The monoisotopic (exact) mass is 346 g/mol. The molecule has 3 aromatic rings. The van der Waals surface area contributed by atoms with E-state index in [2.05, 4.69) is 5.10 Å². The van der Waals surface area contributed by atoms with E-state index in [4.69, 9.17) is 0 Å². The van der Waals surface area contributed by atoms with Crippen LogP contribution in [-0.4, -0.2) is 19.7 Å². The van der Waals surface area contributed by atoms with Crippen molar-refractivity contribution in [2.75, 3.05) is 5.75 Å². The highest BCUT2D eigenvalue weighted by Gasteiger charge is 2.21. The van der Waals surface area contributed by atoms with Gasteiger partial charge in [0.1, 0.15) is 11.6 Å². The van der Waals surface area contributed by atoms with Gasteiger partial charge in [-0.15, -0.1) is 0 Å². The summed E-state index contributed by atoms with van der Waals surface area (Å²) in [6, 6.07) is 13.7. The fourth-order valence-electron chi connectivity index (χ4n) is 2.51. The number of benzene rings is 2. The molecule has 1 atom stereocenters. The van der Waals surface area contributed by atoms with E-state index in [1.807, 2.05) is 6.20 Å². The summed E-state index contributed by atoms with van der Waals surface area (Å²) in [6.07, 6.45) is 3.47. The molecule has 0 aliphatic heterocycles. The largest absolute Gasteiger partial charge is 0.272 e. The van der Waals surface area contributed by atoms with Crippen LogP contribution in [0.1, 0.15) is 16.4 Å². The van der Waals surface area contributed by atoms with Gasteiger partial charge in [0, 0.05) is 28.9 Å². The molecule has 0 fully saturated rings. The van der Waals surface area contributed by atoms with E-state index in [0.29, 0.717) is 12.3 Å². The van der Waals surface area contributed by atoms with Crippen molar-refractivity contribution in [3.05, 3.63) is 89.8 Å². The van der Waals surface area contributed by atoms with Crippen molar-refractivity contribution in [3.63, 3.8) is 0 Å². The molecule has 0 radical (unpaired) electrons. The minimum Gasteiger partial charge on any atom is -0.272 e. The van der Waals surface area contributed by atoms with Gasteiger partial charge in [0.2, 0.25) is 0 Å². The minimum absolute atomic E-state index is 0.348. The summed E-state index contributed by atoms with van der Waals surface area (Å²) < 4.78 is 41.0. The van der Waals surface area contributed by atoms with Gasteiger partial charge in [-0.3, -0.25) is 8.89 Å². The first-order valence-corrected chi connectivity index (χ1v) is 8.87. The van der Waals surface area contributed by atoms with Gasteiger partial charge in [0.25, 0.3) is 0 Å². The van der Waals surface area contributed by atoms with E-state index in [1.165, 1.54) is 24.3 Å². The highest BCUT2D eigenvalue weighted by molar-refractivity contribution is 7.85. The van der Waals surface area contributed by atoms with E-state index in [0.717, 1.165) is 11.1 Å². The topological polar surface area (TPSA) is 34.9 Å². The zero-order chi connectivity index (χ0) is 16.9. The average Bonchev–Trinajstić information content (AvgIpc) is 3.10. The number of hydrogen-bond acceptors (Lipinski definition) is 2. The van der Waals surface area contributed by atoms with Crippen molar-refractivity contribution in [2.24, 2.45) is 0 Å². The smallest absolute Gasteiger partial charge is 0.123 e. The zero-order valence-electron chi connectivity index (χ0n) is 12.8. The van der Waals surface area contributed by atoms with Crippen molar-refractivity contribution in [1.82, 2.24) is 9.78 Å². The lowest BCUT2D eigenvalue weighted by Gasteiger charge is -2.18. The van der Waals surface area contributed by atoms with Gasteiger partial charge in [-0.2, -0.15) is 5.10 Å². The Labute approximate surface area is 141 Å². The van der Waals surface area contributed by atoms with Crippen LogP contribution in [-0.2, 0) is 17.3 Å². The Hall–Kier alpha value is -2.34. The summed E-state index contributed by atoms with van der Waals surface area (Å²) in [6.45, 7) is 0.512. The summed E-state index contributed by atoms with van der Waals surface area (Å²) in [5.41, 5.74) is 1.48. The van der Waals surface area contributed by atoms with E-state index in [1.54, 1.807) is 41.2 Å². The number of hydrogen-bond donors (Lipinski definition) is 0. The Balaban J connectivity index is 1.87. The summed E-state index contributed by atoms with van der Waals surface area (Å²) in [7, 11) is -1.26. The van der Waals surface area contributed by atoms with Crippen LogP contribution < -0.4 is 0 Å². The standard InChI is InChI=1S/C18H16F2N2OS/c19-16-6-2-14(3-7-16)18(15-4-8-17(20)9-5-15)24(23)13-12-22-11-1-10-21-22/h1-11,18H,12-13H2/t24-/m0/s1. The lowest BCUT2D eigenvalue weighted by Crippen LogP contribution is -2.16. The minimum atomic E-state index is -1.26. The van der Waals surface area contributed by atoms with Gasteiger partial charge in [-0.05, 0) is 41.5 Å². The predicted octanol–water partition coefficient (Wildman–Crippen LogP) is 3.70. The highest BCUT2D eigenvalue weighted by atomic mass is 32.2. The van der Waals surface area contributed by atoms with Crippen molar-refractivity contribution >= 4 is 10.8 Å². The molecule has 0 unspecified atom stereocenters. The summed E-state index contributed by atoms with van der Waals surface area (Å²) in [5, 5.41) is 3.66. The number of aromatic nitrogens is 2. The zero-order valence-corrected chi connectivity index (χ0v) is 13.6. The maximum atomic E-state index is 13.2. The van der Waals surface area contributed by atoms with Crippen LogP contribution in [0.4, 0.5) is 8.78 Å². The molecule has 1 heterocycles. The molecule has 24 heavy (non-hydrogen) atoms. The van der Waals surface area contributed by atoms with Crippen molar-refractivity contribution < 1.29 is 13.0 Å². The number of halogens is 2. The first-order chi connectivity index (χ1) is 11.6. The van der Waals surface area contributed by atoms with Gasteiger partial charge in [-0.25, -0.2) is 8.78 Å². The van der Waals surface area contributed by atoms with Crippen molar-refractivity contribution in [3.8, 4) is 0 Å². The third kappa shape index (κ3) is 3.94. The SMILES string of the molecule is O=[S@@](CCn1cccn1)C(c1ccc(F)cc1)c1ccc(F)cc1. The molecular formula is C18H16F2N2OS. The Morgan fingerprint density at radius 2 is 1.50 bits per heavy atom. The molecule has 0 amide bonds. The van der Waals surface area contributed by atoms with Crippen LogP contribution in [0, 0.1) is 11.6 Å². The highest BCUT2D eigenvalue weighted by Crippen LogP contribution is 2.29. The average molecular weight is 346 g/mol. The maximum absolute atomic E-state index is 13.2. The molecule has 0 saturated carbocycles. The van der Waals surface area contributed by atoms with Crippen LogP contribution in [0.5, 0.6) is 0 Å². The molecule has 0 aliphatic rings. The number of rotatable bonds is 6. The van der Waals surface area contributed by atoms with Gasteiger partial charge in [-0.1, -0.05) is 24.3 Å². The van der Waals surface area contributed by atoms with Crippen molar-refractivity contribution in [2.45, 2.75) is 11.8 Å². The fourth-order valence-corrected chi connectivity index (χ4v) is 4.03. The van der Waals surface area contributed by atoms with Crippen LogP contribution >= 0.6 is 0 Å². The van der Waals surface area contributed by atoms with E-state index < -0.39 is 16.0 Å². The molecule has 1 aromatic heterocycles. The third-order valence-corrected chi connectivity index (χ3v) is 5.34. The van der Waals surface area contributed by atoms with E-state index in [-0.39, 0.29) is 11.6 Å². The molecule has 0 N–H and O–H groups in total. The second kappa shape index (κ2) is 7.49. The number of nitrogens with zero attached hydrogens (tertiary/aromatic N) is 2. The van der Waals surface area contributed by atoms with Crippen LogP contribution in [0.2, 0.25) is 0 Å². The summed E-state index contributed by atoms with van der Waals surface area (Å²) >= 11 is 0. The predicted molar refractivity (Wildman–Crippen MR) is 89.9 cm³/mol. The fraction of sp³-hybridized carbons (Fsp3) is 0.167. The third-order valence-electron chi connectivity index (χ3n) is 3.69. The summed E-state index contributed by atoms with van der Waals surface area (Å²) in [4.78, 5) is 0. The first-order valence-electron chi connectivity index (χ1n) is 7.49. The molecule has 3 rings (SSSR count). The molecule has 124 valence electrons. The van der Waals surface area contributed by atoms with Gasteiger partial charge >= 0.3 is 0 Å². The summed E-state index contributed by atoms with van der Waals surface area (Å²) in [5.74, 6) is -0.306. The van der Waals surface area contributed by atoms with Gasteiger partial charge in [0.15, 0.2) is 0 Å². The second-order valence-electron chi connectivity index (χ2n) is 5.34. The molecule has 0 bridgehead atoms. The van der Waals surface area contributed by atoms with E-state index >= 15 is 0 Å². The Kier molecular flexibility index (Phi) is 5.15. The molecule has 2 aromatic carbocycles. The molecular weight excluding hydrogens is 330 g/mol. The Morgan fingerprint density at radius 3 is 1.96 bits per heavy atom. The first kappa shape index (κ1) is 16.5. The maximum Gasteiger partial charge on any atom is 0.123 e. The molecule has 0 aliphatic carbocycles.